The number of benzene rings is 2. The lowest BCUT2D eigenvalue weighted by Gasteiger charge is -2.32. The van der Waals surface area contributed by atoms with Gasteiger partial charge in [0.1, 0.15) is 11.6 Å². The van der Waals surface area contributed by atoms with Gasteiger partial charge in [0.15, 0.2) is 0 Å². The van der Waals surface area contributed by atoms with Crippen LogP contribution in [0.25, 0.3) is 0 Å². The molecule has 0 radical (unpaired) electrons. The van der Waals surface area contributed by atoms with E-state index in [1.807, 2.05) is 83.1 Å². The van der Waals surface area contributed by atoms with Crippen LogP contribution in [-0.2, 0) is 50.4 Å². The predicted octanol–water partition coefficient (Wildman–Crippen LogP) is 6.80. The Bertz CT molecular complexity index is 1510. The molecule has 2 aromatic carbocycles. The number of halogens is 4. The number of carbonyl (C=O) groups is 2. The third-order valence-electron chi connectivity index (χ3n) is 10.1. The van der Waals surface area contributed by atoms with Gasteiger partial charge in [0.25, 0.3) is 0 Å². The van der Waals surface area contributed by atoms with Gasteiger partial charge in [-0.1, -0.05) is 34.1 Å². The summed E-state index contributed by atoms with van der Waals surface area (Å²) in [4.78, 5) is 20.8. The predicted molar refractivity (Wildman–Crippen MR) is 198 cm³/mol. The lowest BCUT2D eigenvalue weighted by Crippen LogP contribution is -2.41. The second-order valence-corrected chi connectivity index (χ2v) is 16.5. The van der Waals surface area contributed by atoms with Crippen LogP contribution in [0.15, 0.2) is 40.9 Å². The number of rotatable bonds is 6. The maximum Gasteiger partial charge on any atom is 0.494 e. The van der Waals surface area contributed by atoms with Gasteiger partial charge in [-0.05, 0) is 118 Å². The minimum atomic E-state index is -1.06. The number of carboxylic acids is 2. The maximum atomic E-state index is 13.9. The molecule has 3 aliphatic rings. The summed E-state index contributed by atoms with van der Waals surface area (Å²) in [5.41, 5.74) is -1.52. The molecule has 2 aromatic rings. The van der Waals surface area contributed by atoms with Crippen LogP contribution >= 0.6 is 15.9 Å². The zero-order valence-corrected chi connectivity index (χ0v) is 33.6. The molecule has 0 bridgehead atoms. The smallest absolute Gasteiger partial charge is 0.481 e. The van der Waals surface area contributed by atoms with Crippen LogP contribution in [-0.4, -0.2) is 84.0 Å². The fourth-order valence-corrected chi connectivity index (χ4v) is 5.16. The van der Waals surface area contributed by atoms with Crippen molar-refractivity contribution < 1.29 is 62.3 Å². The lowest BCUT2D eigenvalue weighted by atomic mass is 9.49. The molecule has 52 heavy (non-hydrogen) atoms. The molecule has 0 saturated carbocycles. The highest BCUT2D eigenvalue weighted by molar-refractivity contribution is 9.10. The van der Waals surface area contributed by atoms with Crippen LogP contribution in [0.5, 0.6) is 0 Å². The number of carboxylic acid groups (broad SMARTS) is 2. The van der Waals surface area contributed by atoms with Gasteiger partial charge in [0.2, 0.25) is 0 Å². The maximum absolute atomic E-state index is 13.9. The zero-order valence-electron chi connectivity index (χ0n) is 33.0. The molecule has 0 aromatic heterocycles. The van der Waals surface area contributed by atoms with E-state index in [0.717, 1.165) is 0 Å². The van der Waals surface area contributed by atoms with Crippen LogP contribution in [0.4, 0.5) is 13.2 Å². The molecule has 3 fully saturated rings. The van der Waals surface area contributed by atoms with Crippen molar-refractivity contribution in [2.75, 3.05) is 7.15 Å². The van der Waals surface area contributed by atoms with E-state index in [1.54, 1.807) is 12.1 Å². The fraction of sp³-hybridized carbons (Fsp3) is 0.600. The van der Waals surface area contributed by atoms with Crippen molar-refractivity contribution >= 4 is 54.5 Å². The Kier molecular flexibility index (Phi) is 14.3. The van der Waals surface area contributed by atoms with E-state index in [2.05, 4.69) is 15.9 Å². The summed E-state index contributed by atoms with van der Waals surface area (Å²) in [7, 11) is -2.60. The van der Waals surface area contributed by atoms with Crippen LogP contribution < -0.4 is 5.46 Å². The Morgan fingerprint density at radius 2 is 0.942 bits per heavy atom. The molecule has 0 unspecified atom stereocenters. The molecular formula is C35H51B3BrF3O10. The molecule has 3 saturated heterocycles. The molecule has 2 N–H and O–H groups in total. The highest BCUT2D eigenvalue weighted by Crippen LogP contribution is 2.43. The van der Waals surface area contributed by atoms with Gasteiger partial charge in [0, 0.05) is 4.47 Å². The number of alkyl halides is 1. The fourth-order valence-electron chi connectivity index (χ4n) is 4.82. The van der Waals surface area contributed by atoms with Gasteiger partial charge < -0.3 is 38.1 Å². The van der Waals surface area contributed by atoms with Gasteiger partial charge in [-0.25, -0.2) is 8.78 Å². The van der Waals surface area contributed by atoms with Crippen molar-refractivity contribution in [1.29, 1.82) is 0 Å². The standard InChI is InChI=1S/C14H18BFO4.C12H24B2O4.C8H6BrFO2.CH3F/c1-13(2)14(3,4)20-15(19-13)10-6-5-9(7-12(17)18)11(16)8-10;1-9(2)10(3,4)16-13(15-9)14-17-11(5,6)12(7,8)18-14;9-6-2-1-5(3-8(11)12)7(10)4-6;1-2/h5-6,8H,7H2,1-4H3,(H,17,18);1-8H3;1-2,4H,3H2,(H,11,12);1H3/i;;;1D. The first-order valence-electron chi connectivity index (χ1n) is 17.3. The summed E-state index contributed by atoms with van der Waals surface area (Å²) in [6.07, 6.45) is -0.616. The molecule has 10 nitrogen and oxygen atoms in total. The Balaban J connectivity index is 0.000000272. The van der Waals surface area contributed by atoms with E-state index in [1.165, 1.54) is 24.3 Å². The van der Waals surface area contributed by atoms with Crippen LogP contribution in [0.1, 0.15) is 95.6 Å². The minimum absolute atomic E-state index is 0.151. The van der Waals surface area contributed by atoms with Crippen LogP contribution in [0, 0.1) is 11.6 Å². The third-order valence-corrected chi connectivity index (χ3v) is 10.6. The van der Waals surface area contributed by atoms with E-state index < -0.39 is 63.1 Å². The molecule has 0 amide bonds. The van der Waals surface area contributed by atoms with Gasteiger partial charge in [-0.15, -0.1) is 0 Å². The molecule has 0 spiro atoms. The normalized spacial score (nSPS) is 21.5. The molecule has 5 rings (SSSR count). The van der Waals surface area contributed by atoms with Crippen LogP contribution in [0.2, 0.25) is 0 Å². The Labute approximate surface area is 316 Å². The zero-order chi connectivity index (χ0) is 41.0. The average Bonchev–Trinajstić information content (AvgIpc) is 3.45. The number of hydrogen-bond donors (Lipinski definition) is 2. The topological polar surface area (TPSA) is 130 Å². The molecule has 0 aliphatic carbocycles. The molecule has 3 aliphatic heterocycles. The molecule has 0 atom stereocenters. The minimum Gasteiger partial charge on any atom is -0.481 e. The highest BCUT2D eigenvalue weighted by atomic mass is 79.9. The van der Waals surface area contributed by atoms with Crippen molar-refractivity contribution in [2.24, 2.45) is 0 Å². The first-order valence-corrected chi connectivity index (χ1v) is 17.4. The van der Waals surface area contributed by atoms with E-state index in [9.17, 15) is 22.8 Å². The van der Waals surface area contributed by atoms with E-state index in [4.69, 9.17) is 39.5 Å². The van der Waals surface area contributed by atoms with Gasteiger partial charge in [0.05, 0.1) is 55.0 Å². The molecular weight excluding hydrogens is 750 g/mol. The van der Waals surface area contributed by atoms with Gasteiger partial charge >= 0.3 is 33.1 Å². The first-order chi connectivity index (χ1) is 24.0. The Morgan fingerprint density at radius 3 is 1.25 bits per heavy atom. The SMILES string of the molecule is CC1(C)OB(B2OC(C)(C)C(C)(C)O2)OC1(C)C.CC1(C)OB(c2ccc(CC(=O)O)c(F)c2)OC1(C)C.O=C(O)Cc1ccc(Br)cc1F.[2H]CF. The molecule has 288 valence electrons. The summed E-state index contributed by atoms with van der Waals surface area (Å²) in [5, 5.41) is 17.1. The van der Waals surface area contributed by atoms with E-state index >= 15 is 0 Å². The van der Waals surface area contributed by atoms with Crippen molar-refractivity contribution in [3.8, 4) is 0 Å². The number of aliphatic carboxylic acids is 2. The highest BCUT2D eigenvalue weighted by Gasteiger charge is 2.63. The largest absolute Gasteiger partial charge is 0.494 e. The summed E-state index contributed by atoms with van der Waals surface area (Å²) < 4.78 is 78.4. The quantitative estimate of drug-likeness (QED) is 0.301. The number of hydrogen-bond acceptors (Lipinski definition) is 8. The van der Waals surface area contributed by atoms with Crippen LogP contribution in [0.3, 0.4) is 0 Å². The van der Waals surface area contributed by atoms with Crippen molar-refractivity contribution in [2.45, 2.75) is 130 Å². The third kappa shape index (κ3) is 11.1. The van der Waals surface area contributed by atoms with Gasteiger partial charge in [-0.2, -0.15) is 0 Å². The summed E-state index contributed by atoms with van der Waals surface area (Å²) >= 11 is 3.08. The molecule has 17 heteroatoms. The summed E-state index contributed by atoms with van der Waals surface area (Å²) in [6.45, 7) is 23.9. The van der Waals surface area contributed by atoms with Gasteiger partial charge in [-0.3, -0.25) is 14.0 Å². The van der Waals surface area contributed by atoms with Crippen molar-refractivity contribution in [3.05, 3.63) is 63.6 Å². The monoisotopic (exact) mass is 801 g/mol. The van der Waals surface area contributed by atoms with Crippen molar-refractivity contribution in [1.82, 2.24) is 0 Å². The van der Waals surface area contributed by atoms with E-state index in [0.29, 0.717) is 9.94 Å². The summed E-state index contributed by atoms with van der Waals surface area (Å²) in [5.74, 6) is -3.14. The first kappa shape index (κ1) is 44.0. The Hall–Kier alpha value is -2.40. The average molecular weight is 802 g/mol. The summed E-state index contributed by atoms with van der Waals surface area (Å²) in [6, 6.07) is 8.70. The second-order valence-electron chi connectivity index (χ2n) is 15.6. The van der Waals surface area contributed by atoms with Crippen molar-refractivity contribution in [3.63, 3.8) is 0 Å². The second kappa shape index (κ2) is 17.0. The molecule has 3 heterocycles. The lowest BCUT2D eigenvalue weighted by molar-refractivity contribution is -0.137. The Morgan fingerprint density at radius 1 is 0.635 bits per heavy atom. The van der Waals surface area contributed by atoms with E-state index in [-0.39, 0.29) is 46.4 Å².